The van der Waals surface area contributed by atoms with Crippen LogP contribution in [0.15, 0.2) is 12.4 Å². The van der Waals surface area contributed by atoms with Crippen LogP contribution < -0.4 is 10.1 Å². The van der Waals surface area contributed by atoms with E-state index >= 15 is 0 Å². The zero-order valence-corrected chi connectivity index (χ0v) is 11.4. The Bertz CT molecular complexity index is 402. The summed E-state index contributed by atoms with van der Waals surface area (Å²) in [4.78, 5) is 8.19. The highest BCUT2D eigenvalue weighted by Gasteiger charge is 2.27. The number of hydrogen-bond donors (Lipinski definition) is 1. The molecule has 0 saturated heterocycles. The van der Waals surface area contributed by atoms with Gasteiger partial charge in [0.25, 0.3) is 0 Å². The topological polar surface area (TPSA) is 56.3 Å². The monoisotopic (exact) mass is 293 g/mol. The molecule has 0 aliphatic heterocycles. The van der Waals surface area contributed by atoms with Crippen molar-refractivity contribution in [2.75, 3.05) is 26.9 Å². The predicted octanol–water partition coefficient (Wildman–Crippen LogP) is 2.10. The molecule has 1 heterocycles. The van der Waals surface area contributed by atoms with Crippen molar-refractivity contribution in [2.24, 2.45) is 0 Å². The summed E-state index contributed by atoms with van der Waals surface area (Å²) < 4.78 is 45.7. The Morgan fingerprint density at radius 3 is 2.60 bits per heavy atom. The molecule has 0 spiro atoms. The second kappa shape index (κ2) is 8.01. The van der Waals surface area contributed by atoms with Gasteiger partial charge in [0.2, 0.25) is 5.88 Å². The van der Waals surface area contributed by atoms with Crippen LogP contribution >= 0.6 is 0 Å². The zero-order chi connectivity index (χ0) is 15.0. The van der Waals surface area contributed by atoms with Crippen LogP contribution in [0.2, 0.25) is 0 Å². The van der Waals surface area contributed by atoms with Gasteiger partial charge in [-0.1, -0.05) is 6.92 Å². The molecular weight excluding hydrogens is 275 g/mol. The lowest BCUT2D eigenvalue weighted by molar-refractivity contribution is -0.174. The lowest BCUT2D eigenvalue weighted by Gasteiger charge is -2.19. The van der Waals surface area contributed by atoms with Gasteiger partial charge in [0, 0.05) is 19.0 Å². The van der Waals surface area contributed by atoms with Gasteiger partial charge in [-0.25, -0.2) is 4.98 Å². The first-order valence-electron chi connectivity index (χ1n) is 6.20. The van der Waals surface area contributed by atoms with Crippen molar-refractivity contribution in [1.82, 2.24) is 15.3 Å². The van der Waals surface area contributed by atoms with E-state index in [1.165, 1.54) is 19.5 Å². The molecular formula is C12H18F3N3O2. The Morgan fingerprint density at radius 2 is 2.00 bits per heavy atom. The number of nitrogens with one attached hydrogen (secondary N) is 1. The molecule has 1 unspecified atom stereocenters. The first-order chi connectivity index (χ1) is 9.48. The van der Waals surface area contributed by atoms with E-state index in [1.807, 2.05) is 6.92 Å². The van der Waals surface area contributed by atoms with Crippen LogP contribution in [0.1, 0.15) is 25.1 Å². The molecule has 5 nitrogen and oxygen atoms in total. The largest absolute Gasteiger partial charge is 0.480 e. The van der Waals surface area contributed by atoms with E-state index in [-0.39, 0.29) is 12.6 Å². The molecule has 0 aliphatic rings. The minimum Gasteiger partial charge on any atom is -0.480 e. The molecule has 20 heavy (non-hydrogen) atoms. The van der Waals surface area contributed by atoms with E-state index < -0.39 is 12.8 Å². The van der Waals surface area contributed by atoms with E-state index in [0.29, 0.717) is 24.5 Å². The lowest BCUT2D eigenvalue weighted by Crippen LogP contribution is -2.25. The van der Waals surface area contributed by atoms with Crippen molar-refractivity contribution in [3.63, 3.8) is 0 Å². The van der Waals surface area contributed by atoms with E-state index in [1.54, 1.807) is 0 Å². The van der Waals surface area contributed by atoms with Gasteiger partial charge in [-0.05, 0) is 13.0 Å². The van der Waals surface area contributed by atoms with Gasteiger partial charge in [-0.2, -0.15) is 13.2 Å². The van der Waals surface area contributed by atoms with Crippen LogP contribution in [0, 0.1) is 0 Å². The van der Waals surface area contributed by atoms with Crippen LogP contribution in [-0.4, -0.2) is 43.0 Å². The molecule has 8 heteroatoms. The van der Waals surface area contributed by atoms with Crippen LogP contribution in [0.25, 0.3) is 0 Å². The van der Waals surface area contributed by atoms with E-state index in [0.717, 1.165) is 0 Å². The van der Waals surface area contributed by atoms with Gasteiger partial charge < -0.3 is 14.8 Å². The van der Waals surface area contributed by atoms with Crippen molar-refractivity contribution in [1.29, 1.82) is 0 Å². The van der Waals surface area contributed by atoms with Crippen molar-refractivity contribution in [3.05, 3.63) is 18.1 Å². The summed E-state index contributed by atoms with van der Waals surface area (Å²) in [6, 6.07) is -0.267. The van der Waals surface area contributed by atoms with Crippen LogP contribution in [0.5, 0.6) is 5.88 Å². The molecule has 0 aromatic carbocycles. The normalized spacial score (nSPS) is 13.2. The van der Waals surface area contributed by atoms with Crippen molar-refractivity contribution in [2.45, 2.75) is 25.6 Å². The Labute approximate surface area is 115 Å². The average Bonchev–Trinajstić information content (AvgIpc) is 2.41. The third-order valence-corrected chi connectivity index (χ3v) is 2.48. The highest BCUT2D eigenvalue weighted by atomic mass is 19.4. The third kappa shape index (κ3) is 5.70. The zero-order valence-electron chi connectivity index (χ0n) is 11.4. The summed E-state index contributed by atoms with van der Waals surface area (Å²) in [6.45, 7) is 1.26. The fourth-order valence-corrected chi connectivity index (χ4v) is 1.70. The first-order valence-corrected chi connectivity index (χ1v) is 6.20. The molecule has 0 aliphatic carbocycles. The fourth-order valence-electron chi connectivity index (χ4n) is 1.70. The molecule has 114 valence electrons. The maximum Gasteiger partial charge on any atom is 0.411 e. The van der Waals surface area contributed by atoms with Gasteiger partial charge in [-0.15, -0.1) is 0 Å². The summed E-state index contributed by atoms with van der Waals surface area (Å²) in [5, 5.41) is 3.13. The minimum atomic E-state index is -4.31. The van der Waals surface area contributed by atoms with Gasteiger partial charge >= 0.3 is 6.18 Å². The average molecular weight is 293 g/mol. The number of ether oxygens (including phenoxy) is 2. The van der Waals surface area contributed by atoms with E-state index in [9.17, 15) is 13.2 Å². The smallest absolute Gasteiger partial charge is 0.411 e. The Hall–Kier alpha value is -1.41. The molecule has 1 N–H and O–H groups in total. The molecule has 1 atom stereocenters. The maximum atomic E-state index is 12.0. The summed E-state index contributed by atoms with van der Waals surface area (Å²) in [7, 11) is 1.47. The molecule has 0 amide bonds. The highest BCUT2D eigenvalue weighted by Crippen LogP contribution is 2.23. The second-order valence-corrected chi connectivity index (χ2v) is 4.02. The molecule has 0 fully saturated rings. The van der Waals surface area contributed by atoms with Gasteiger partial charge in [-0.3, -0.25) is 4.98 Å². The maximum absolute atomic E-state index is 12.0. The van der Waals surface area contributed by atoms with Crippen molar-refractivity contribution in [3.8, 4) is 5.88 Å². The second-order valence-electron chi connectivity index (χ2n) is 4.02. The number of rotatable bonds is 8. The number of halogens is 3. The highest BCUT2D eigenvalue weighted by molar-refractivity contribution is 5.21. The van der Waals surface area contributed by atoms with Crippen molar-refractivity contribution < 1.29 is 22.6 Å². The Morgan fingerprint density at radius 1 is 1.30 bits per heavy atom. The van der Waals surface area contributed by atoms with Crippen LogP contribution in [0.3, 0.4) is 0 Å². The van der Waals surface area contributed by atoms with Crippen LogP contribution in [-0.2, 0) is 4.74 Å². The van der Waals surface area contributed by atoms with Crippen LogP contribution in [0.4, 0.5) is 13.2 Å². The number of methoxy groups -OCH3 is 1. The van der Waals surface area contributed by atoms with Gasteiger partial charge in [0.15, 0.2) is 0 Å². The Balaban J connectivity index is 2.60. The number of aromatic nitrogens is 2. The molecule has 0 bridgehead atoms. The minimum absolute atomic E-state index is 0.0308. The van der Waals surface area contributed by atoms with E-state index in [2.05, 4.69) is 20.0 Å². The standard InChI is InChI=1S/C12H18F3N3O2/c1-3-16-9(4-7-20-8-12(13,14)15)10-11(19-2)18-6-5-17-10/h5-6,9,16H,3-4,7-8H2,1-2H3. The molecule has 0 saturated carbocycles. The third-order valence-electron chi connectivity index (χ3n) is 2.48. The molecule has 1 aromatic rings. The summed E-state index contributed by atoms with van der Waals surface area (Å²) >= 11 is 0. The number of alkyl halides is 3. The van der Waals surface area contributed by atoms with Gasteiger partial charge in [0.05, 0.1) is 13.2 Å². The summed E-state index contributed by atoms with van der Waals surface area (Å²) in [6.07, 6.45) is -0.957. The SMILES string of the molecule is CCNC(CCOCC(F)(F)F)c1nccnc1OC. The fraction of sp³-hybridized carbons (Fsp3) is 0.667. The summed E-state index contributed by atoms with van der Waals surface area (Å²) in [5.74, 6) is 0.356. The number of hydrogen-bond acceptors (Lipinski definition) is 5. The van der Waals surface area contributed by atoms with Crippen molar-refractivity contribution >= 4 is 0 Å². The summed E-state index contributed by atoms with van der Waals surface area (Å²) in [5.41, 5.74) is 0.562. The molecule has 1 rings (SSSR count). The predicted molar refractivity (Wildman–Crippen MR) is 66.5 cm³/mol. The number of nitrogens with zero attached hydrogens (tertiary/aromatic N) is 2. The lowest BCUT2D eigenvalue weighted by atomic mass is 10.1. The molecule has 0 radical (unpaired) electrons. The quantitative estimate of drug-likeness (QED) is 0.744. The first kappa shape index (κ1) is 16.6. The Kier molecular flexibility index (Phi) is 6.66. The van der Waals surface area contributed by atoms with Gasteiger partial charge in [0.1, 0.15) is 12.3 Å². The molecule has 1 aromatic heterocycles. The van der Waals surface area contributed by atoms with E-state index in [4.69, 9.17) is 4.74 Å².